The van der Waals surface area contributed by atoms with E-state index in [4.69, 9.17) is 9.47 Å². The summed E-state index contributed by atoms with van der Waals surface area (Å²) in [6.45, 7) is 2.01. The van der Waals surface area contributed by atoms with Crippen LogP contribution in [-0.2, 0) is 20.0 Å². The van der Waals surface area contributed by atoms with Crippen LogP contribution in [0.2, 0.25) is 0 Å². The Morgan fingerprint density at radius 2 is 1.37 bits per heavy atom. The van der Waals surface area contributed by atoms with Gasteiger partial charge in [0.1, 0.15) is 21.3 Å². The Bertz CT molecular complexity index is 1460. The molecule has 0 aliphatic carbocycles. The van der Waals surface area contributed by atoms with Gasteiger partial charge < -0.3 is 19.4 Å². The van der Waals surface area contributed by atoms with E-state index in [9.17, 15) is 26.7 Å². The number of ether oxygens (including phenoxy) is 2. The van der Waals surface area contributed by atoms with Crippen molar-refractivity contribution in [3.05, 3.63) is 70.7 Å². The minimum Gasteiger partial charge on any atom is -0.545 e. The Morgan fingerprint density at radius 3 is 1.86 bits per heavy atom. The first-order valence-electron chi connectivity index (χ1n) is 9.94. The monoisotopic (exact) mass is 583 g/mol. The number of anilines is 2. The minimum absolute atomic E-state index is 0.0639. The lowest BCUT2D eigenvalue weighted by Gasteiger charge is -2.15. The summed E-state index contributed by atoms with van der Waals surface area (Å²) < 4.78 is 67.2. The molecule has 0 bridgehead atoms. The van der Waals surface area contributed by atoms with Crippen LogP contribution in [0.15, 0.2) is 74.9 Å². The molecule has 2 N–H and O–H groups in total. The zero-order valence-electron chi connectivity index (χ0n) is 18.4. The highest BCUT2D eigenvalue weighted by Gasteiger charge is 2.22. The third-order valence-corrected chi connectivity index (χ3v) is 7.87. The molecule has 0 heterocycles. The van der Waals surface area contributed by atoms with Crippen LogP contribution in [0, 0.1) is 0 Å². The second kappa shape index (κ2) is 10.5. The zero-order chi connectivity index (χ0) is 25.8. The topological polar surface area (TPSA) is 151 Å². The van der Waals surface area contributed by atoms with Crippen LogP contribution in [0.4, 0.5) is 11.4 Å². The van der Waals surface area contributed by atoms with Gasteiger partial charge in [-0.1, -0.05) is 15.9 Å². The van der Waals surface area contributed by atoms with E-state index < -0.39 is 30.9 Å². The molecule has 13 heteroatoms. The number of nitrogens with one attached hydrogen (secondary N) is 2. The van der Waals surface area contributed by atoms with E-state index in [2.05, 4.69) is 25.4 Å². The van der Waals surface area contributed by atoms with E-state index in [1.54, 1.807) is 13.0 Å². The second-order valence-electron chi connectivity index (χ2n) is 6.97. The number of carbonyl (C=O) groups excluding carboxylic acids is 1. The fourth-order valence-corrected chi connectivity index (χ4v) is 6.00. The van der Waals surface area contributed by atoms with Crippen molar-refractivity contribution < 1.29 is 36.2 Å². The Balaban J connectivity index is 1.85. The summed E-state index contributed by atoms with van der Waals surface area (Å²) in [5.41, 5.74) is -0.0619. The number of benzene rings is 3. The van der Waals surface area contributed by atoms with Gasteiger partial charge in [-0.2, -0.15) is 0 Å². The Kier molecular flexibility index (Phi) is 7.93. The number of carboxylic acids is 1. The van der Waals surface area contributed by atoms with Crippen LogP contribution in [-0.4, -0.2) is 36.5 Å². The minimum atomic E-state index is -4.25. The maximum Gasteiger partial charge on any atom is 0.265 e. The average molecular weight is 584 g/mol. The average Bonchev–Trinajstić information content (AvgIpc) is 2.80. The predicted molar refractivity (Wildman–Crippen MR) is 131 cm³/mol. The van der Waals surface area contributed by atoms with Crippen LogP contribution in [0.3, 0.4) is 0 Å². The quantitative estimate of drug-likeness (QED) is 0.369. The number of hydrogen-bond donors (Lipinski definition) is 2. The molecule has 0 amide bonds. The predicted octanol–water partition coefficient (Wildman–Crippen LogP) is 2.82. The summed E-state index contributed by atoms with van der Waals surface area (Å²) in [5.74, 6) is -1.43. The van der Waals surface area contributed by atoms with Crippen molar-refractivity contribution in [1.29, 1.82) is 0 Å². The maximum absolute atomic E-state index is 12.9. The Labute approximate surface area is 211 Å². The number of carbonyl (C=O) groups is 1. The maximum atomic E-state index is 12.9. The molecule has 0 spiro atoms. The van der Waals surface area contributed by atoms with E-state index >= 15 is 0 Å². The number of halogens is 1. The highest BCUT2D eigenvalue weighted by molar-refractivity contribution is 9.10. The molecule has 0 saturated heterocycles. The number of sulfonamides is 2. The van der Waals surface area contributed by atoms with Crippen molar-refractivity contribution >= 4 is 53.3 Å². The van der Waals surface area contributed by atoms with E-state index in [1.165, 1.54) is 49.6 Å². The van der Waals surface area contributed by atoms with Gasteiger partial charge in [-0.05, 0) is 73.2 Å². The molecule has 3 rings (SSSR count). The lowest BCUT2D eigenvalue weighted by molar-refractivity contribution is -0.255. The van der Waals surface area contributed by atoms with Gasteiger partial charge in [-0.3, -0.25) is 9.44 Å². The van der Waals surface area contributed by atoms with Crippen LogP contribution < -0.4 is 24.0 Å². The SMILES string of the molecule is CCOc1ccc(Br)cc1S(=O)(=O)Nc1ccc(NS(=O)(=O)c2cc(C(=O)[O-])ccc2OC)cc1. The fourth-order valence-electron chi connectivity index (χ4n) is 3.01. The van der Waals surface area contributed by atoms with Crippen LogP contribution in [0.25, 0.3) is 0 Å². The lowest BCUT2D eigenvalue weighted by Crippen LogP contribution is -2.23. The van der Waals surface area contributed by atoms with Crippen LogP contribution >= 0.6 is 15.9 Å². The molecule has 10 nitrogen and oxygen atoms in total. The molecule has 186 valence electrons. The Morgan fingerprint density at radius 1 is 0.857 bits per heavy atom. The molecule has 0 atom stereocenters. The standard InChI is InChI=1S/C22H21BrN2O8S2/c1-3-33-19-11-5-15(23)13-21(19)35(30,31)25-17-8-6-16(7-9-17)24-34(28,29)20-12-14(22(26)27)4-10-18(20)32-2/h4-13,24-25H,3H2,1-2H3,(H,26,27)/p-1. The largest absolute Gasteiger partial charge is 0.545 e. The van der Waals surface area contributed by atoms with Crippen molar-refractivity contribution in [1.82, 2.24) is 0 Å². The number of methoxy groups -OCH3 is 1. The van der Waals surface area contributed by atoms with Gasteiger partial charge in [-0.15, -0.1) is 0 Å². The molecule has 0 aliphatic rings. The molecule has 3 aromatic carbocycles. The Hall–Kier alpha value is -3.29. The highest BCUT2D eigenvalue weighted by Crippen LogP contribution is 2.30. The van der Waals surface area contributed by atoms with E-state index in [0.717, 1.165) is 12.1 Å². The summed E-state index contributed by atoms with van der Waals surface area (Å²) >= 11 is 3.25. The zero-order valence-corrected chi connectivity index (χ0v) is 21.7. The van der Waals surface area contributed by atoms with Crippen molar-refractivity contribution in [2.24, 2.45) is 0 Å². The number of hydrogen-bond acceptors (Lipinski definition) is 8. The molecule has 0 unspecified atom stereocenters. The molecule has 0 aliphatic heterocycles. The van der Waals surface area contributed by atoms with Gasteiger partial charge in [0, 0.05) is 15.8 Å². The van der Waals surface area contributed by atoms with Gasteiger partial charge in [-0.25, -0.2) is 16.8 Å². The first-order valence-corrected chi connectivity index (χ1v) is 13.7. The van der Waals surface area contributed by atoms with Gasteiger partial charge in [0.15, 0.2) is 0 Å². The number of aromatic carboxylic acids is 1. The normalized spacial score (nSPS) is 11.5. The third kappa shape index (κ3) is 6.24. The summed E-state index contributed by atoms with van der Waals surface area (Å²) in [7, 11) is -7.02. The first-order chi connectivity index (χ1) is 16.5. The third-order valence-electron chi connectivity index (χ3n) is 4.57. The molecule has 0 saturated carbocycles. The summed E-state index contributed by atoms with van der Waals surface area (Å²) in [6, 6.07) is 13.3. The van der Waals surface area contributed by atoms with Gasteiger partial charge in [0.05, 0.1) is 19.7 Å². The highest BCUT2D eigenvalue weighted by atomic mass is 79.9. The second-order valence-corrected chi connectivity index (χ2v) is 11.2. The molecule has 0 fully saturated rings. The van der Waals surface area contributed by atoms with E-state index in [0.29, 0.717) is 4.47 Å². The summed E-state index contributed by atoms with van der Waals surface area (Å²) in [4.78, 5) is 10.7. The molecule has 35 heavy (non-hydrogen) atoms. The van der Waals surface area contributed by atoms with Crippen molar-refractivity contribution in [3.63, 3.8) is 0 Å². The molecule has 0 aromatic heterocycles. The van der Waals surface area contributed by atoms with Gasteiger partial charge in [0.25, 0.3) is 20.0 Å². The lowest BCUT2D eigenvalue weighted by atomic mass is 10.2. The van der Waals surface area contributed by atoms with Gasteiger partial charge in [0.2, 0.25) is 0 Å². The van der Waals surface area contributed by atoms with Crippen molar-refractivity contribution in [2.45, 2.75) is 16.7 Å². The van der Waals surface area contributed by atoms with Crippen molar-refractivity contribution in [3.8, 4) is 11.5 Å². The van der Waals surface area contributed by atoms with Gasteiger partial charge >= 0.3 is 0 Å². The number of rotatable bonds is 10. The molecule has 3 aromatic rings. The van der Waals surface area contributed by atoms with E-state index in [-0.39, 0.29) is 39.9 Å². The van der Waals surface area contributed by atoms with E-state index in [1.807, 2.05) is 0 Å². The molecular formula is C22H20BrN2O8S2-. The fraction of sp³-hybridized carbons (Fsp3) is 0.136. The van der Waals surface area contributed by atoms with Crippen LogP contribution in [0.5, 0.6) is 11.5 Å². The molecular weight excluding hydrogens is 564 g/mol. The summed E-state index contributed by atoms with van der Waals surface area (Å²) in [6.07, 6.45) is 0. The summed E-state index contributed by atoms with van der Waals surface area (Å²) in [5, 5.41) is 11.1. The smallest absolute Gasteiger partial charge is 0.265 e. The molecule has 0 radical (unpaired) electrons. The van der Waals surface area contributed by atoms with Crippen molar-refractivity contribution in [2.75, 3.05) is 23.2 Å². The van der Waals surface area contributed by atoms with Crippen LogP contribution in [0.1, 0.15) is 17.3 Å². The first kappa shape index (κ1) is 26.3. The number of carboxylic acid groups (broad SMARTS) is 1.